The van der Waals surface area contributed by atoms with Gasteiger partial charge in [0.2, 0.25) is 5.91 Å². The SMILES string of the molecule is [C-]#[N+]c1ccc(NC(C(=O)O)c2ccc(CCCC(=O)Nc3ccc(S(=O)(=O)CC)c(CN)c3)cc2)cc1. The van der Waals surface area contributed by atoms with Gasteiger partial charge in [0.15, 0.2) is 21.6 Å². The molecule has 5 N–H and O–H groups in total. The standard InChI is InChI=1S/C28H30N4O5S/c1-3-38(36,37)25-16-15-24(17-21(25)18-29)31-26(33)6-4-5-19-7-9-20(10-8-19)27(28(34)35)32-23-13-11-22(30-2)12-14-23/h7-17,27,32H,3-6,18,29H2,1H3,(H,31,33)(H,34,35). The number of nitrogens with two attached hydrogens (primary N) is 1. The number of rotatable bonds is 12. The molecule has 0 radical (unpaired) electrons. The molecule has 0 fully saturated rings. The quantitative estimate of drug-likeness (QED) is 0.247. The van der Waals surface area contributed by atoms with Gasteiger partial charge in [-0.05, 0) is 59.9 Å². The topological polar surface area (TPSA) is 143 Å². The number of sulfone groups is 1. The van der Waals surface area contributed by atoms with Crippen molar-refractivity contribution in [1.29, 1.82) is 0 Å². The van der Waals surface area contributed by atoms with E-state index in [1.54, 1.807) is 55.5 Å². The van der Waals surface area contributed by atoms with Crippen LogP contribution in [-0.2, 0) is 32.4 Å². The number of nitrogens with one attached hydrogen (secondary N) is 2. The van der Waals surface area contributed by atoms with E-state index in [-0.39, 0.29) is 29.5 Å². The second kappa shape index (κ2) is 12.9. The summed E-state index contributed by atoms with van der Waals surface area (Å²) < 4.78 is 24.4. The Bertz CT molecular complexity index is 1430. The Labute approximate surface area is 222 Å². The Kier molecular flexibility index (Phi) is 9.60. The fourth-order valence-electron chi connectivity index (χ4n) is 3.92. The normalized spacial score (nSPS) is 11.8. The highest BCUT2D eigenvalue weighted by atomic mass is 32.2. The third kappa shape index (κ3) is 7.41. The molecule has 0 aromatic heterocycles. The van der Waals surface area contributed by atoms with Gasteiger partial charge in [0.1, 0.15) is 0 Å². The van der Waals surface area contributed by atoms with E-state index in [1.807, 2.05) is 12.1 Å². The zero-order valence-corrected chi connectivity index (χ0v) is 21.8. The Balaban J connectivity index is 1.55. The highest BCUT2D eigenvalue weighted by Gasteiger charge is 2.20. The highest BCUT2D eigenvalue weighted by Crippen LogP contribution is 2.24. The number of carboxylic acid groups (broad SMARTS) is 1. The predicted octanol–water partition coefficient (Wildman–Crippen LogP) is 4.69. The number of aliphatic carboxylic acids is 1. The first-order chi connectivity index (χ1) is 18.2. The fraction of sp³-hybridized carbons (Fsp3) is 0.250. The van der Waals surface area contributed by atoms with Crippen molar-refractivity contribution < 1.29 is 23.1 Å². The molecule has 1 atom stereocenters. The van der Waals surface area contributed by atoms with Crippen LogP contribution in [-0.4, -0.2) is 31.2 Å². The molecule has 38 heavy (non-hydrogen) atoms. The van der Waals surface area contributed by atoms with Gasteiger partial charge in [-0.1, -0.05) is 43.3 Å². The lowest BCUT2D eigenvalue weighted by Gasteiger charge is -2.17. The molecule has 0 saturated heterocycles. The molecule has 0 bridgehead atoms. The van der Waals surface area contributed by atoms with E-state index in [4.69, 9.17) is 12.3 Å². The number of anilines is 2. The summed E-state index contributed by atoms with van der Waals surface area (Å²) in [5.41, 5.74) is 9.28. The lowest BCUT2D eigenvalue weighted by molar-refractivity contribution is -0.138. The van der Waals surface area contributed by atoms with E-state index < -0.39 is 21.8 Å². The van der Waals surface area contributed by atoms with Crippen molar-refractivity contribution in [2.75, 3.05) is 16.4 Å². The van der Waals surface area contributed by atoms with Gasteiger partial charge in [0.05, 0.1) is 17.2 Å². The van der Waals surface area contributed by atoms with Gasteiger partial charge in [-0.2, -0.15) is 0 Å². The molecule has 9 nitrogen and oxygen atoms in total. The van der Waals surface area contributed by atoms with E-state index in [0.717, 1.165) is 5.56 Å². The predicted molar refractivity (Wildman–Crippen MR) is 147 cm³/mol. The lowest BCUT2D eigenvalue weighted by atomic mass is 10.0. The number of nitrogens with zero attached hydrogens (tertiary/aromatic N) is 1. The van der Waals surface area contributed by atoms with Crippen molar-refractivity contribution in [3.63, 3.8) is 0 Å². The van der Waals surface area contributed by atoms with Crippen molar-refractivity contribution >= 4 is 38.8 Å². The molecule has 10 heteroatoms. The highest BCUT2D eigenvalue weighted by molar-refractivity contribution is 7.91. The summed E-state index contributed by atoms with van der Waals surface area (Å²) in [6.07, 6.45) is 1.46. The molecule has 0 aliphatic carbocycles. The minimum atomic E-state index is -3.40. The average Bonchev–Trinajstić information content (AvgIpc) is 2.92. The summed E-state index contributed by atoms with van der Waals surface area (Å²) in [6, 6.07) is 17.4. The number of benzene rings is 3. The fourth-order valence-corrected chi connectivity index (χ4v) is 5.04. The monoisotopic (exact) mass is 534 g/mol. The summed E-state index contributed by atoms with van der Waals surface area (Å²) in [4.78, 5) is 27.8. The molecular formula is C28H30N4O5S. The maximum atomic E-state index is 12.4. The molecule has 0 heterocycles. The van der Waals surface area contributed by atoms with Crippen LogP contribution in [0.4, 0.5) is 17.1 Å². The first kappa shape index (κ1) is 28.4. The smallest absolute Gasteiger partial charge is 0.330 e. The number of carbonyl (C=O) groups is 2. The van der Waals surface area contributed by atoms with E-state index in [0.29, 0.717) is 41.0 Å². The summed E-state index contributed by atoms with van der Waals surface area (Å²) in [5.74, 6) is -1.25. The van der Waals surface area contributed by atoms with E-state index in [2.05, 4.69) is 15.5 Å². The van der Waals surface area contributed by atoms with Gasteiger partial charge in [-0.3, -0.25) is 4.79 Å². The molecule has 1 unspecified atom stereocenters. The second-order valence-corrected chi connectivity index (χ2v) is 10.9. The number of carboxylic acids is 1. The molecule has 1 amide bonds. The Morgan fingerprint density at radius 2 is 1.68 bits per heavy atom. The van der Waals surface area contributed by atoms with Gasteiger partial charge in [-0.15, -0.1) is 0 Å². The maximum absolute atomic E-state index is 12.4. The minimum absolute atomic E-state index is 0.0296. The van der Waals surface area contributed by atoms with Crippen LogP contribution in [0.5, 0.6) is 0 Å². The van der Waals surface area contributed by atoms with E-state index >= 15 is 0 Å². The van der Waals surface area contributed by atoms with Crippen molar-refractivity contribution in [3.05, 3.63) is 94.8 Å². The molecule has 3 rings (SSSR count). The Morgan fingerprint density at radius 3 is 2.26 bits per heavy atom. The molecule has 0 aliphatic heterocycles. The van der Waals surface area contributed by atoms with Gasteiger partial charge in [0.25, 0.3) is 0 Å². The van der Waals surface area contributed by atoms with Crippen molar-refractivity contribution in [1.82, 2.24) is 0 Å². The zero-order chi connectivity index (χ0) is 27.7. The van der Waals surface area contributed by atoms with Crippen molar-refractivity contribution in [2.24, 2.45) is 5.73 Å². The molecule has 198 valence electrons. The second-order valence-electron chi connectivity index (χ2n) is 8.65. The molecule has 3 aromatic carbocycles. The van der Waals surface area contributed by atoms with Gasteiger partial charge in [-0.25, -0.2) is 18.1 Å². The first-order valence-electron chi connectivity index (χ1n) is 12.1. The van der Waals surface area contributed by atoms with Crippen LogP contribution in [0.3, 0.4) is 0 Å². The number of amides is 1. The third-order valence-corrected chi connectivity index (χ3v) is 7.84. The lowest BCUT2D eigenvalue weighted by Crippen LogP contribution is -2.20. The summed E-state index contributed by atoms with van der Waals surface area (Å²) >= 11 is 0. The Morgan fingerprint density at radius 1 is 1.03 bits per heavy atom. The summed E-state index contributed by atoms with van der Waals surface area (Å²) in [7, 11) is -3.40. The minimum Gasteiger partial charge on any atom is -0.479 e. The number of hydrogen-bond acceptors (Lipinski definition) is 6. The number of hydrogen-bond donors (Lipinski definition) is 4. The van der Waals surface area contributed by atoms with Gasteiger partial charge in [0, 0.05) is 24.3 Å². The first-order valence-corrected chi connectivity index (χ1v) is 13.7. The van der Waals surface area contributed by atoms with Crippen LogP contribution in [0.25, 0.3) is 4.85 Å². The van der Waals surface area contributed by atoms with Crippen LogP contribution in [0.2, 0.25) is 0 Å². The van der Waals surface area contributed by atoms with Crippen LogP contribution >= 0.6 is 0 Å². The molecule has 0 spiro atoms. The molecular weight excluding hydrogens is 504 g/mol. The average molecular weight is 535 g/mol. The maximum Gasteiger partial charge on any atom is 0.330 e. The van der Waals surface area contributed by atoms with Crippen molar-refractivity contribution in [3.8, 4) is 0 Å². The number of carbonyl (C=O) groups excluding carboxylic acids is 1. The third-order valence-electron chi connectivity index (χ3n) is 6.02. The van der Waals surface area contributed by atoms with E-state index in [1.165, 1.54) is 6.07 Å². The van der Waals surface area contributed by atoms with Crippen LogP contribution in [0.15, 0.2) is 71.6 Å². The van der Waals surface area contributed by atoms with Crippen molar-refractivity contribution in [2.45, 2.75) is 43.7 Å². The number of aryl methyl sites for hydroxylation is 1. The summed E-state index contributed by atoms with van der Waals surface area (Å²) in [5, 5.41) is 15.5. The Hall–Kier alpha value is -4.20. The molecule has 3 aromatic rings. The summed E-state index contributed by atoms with van der Waals surface area (Å²) in [6.45, 7) is 8.62. The molecule has 0 aliphatic rings. The van der Waals surface area contributed by atoms with Gasteiger partial charge < -0.3 is 21.5 Å². The van der Waals surface area contributed by atoms with Crippen LogP contribution < -0.4 is 16.4 Å². The zero-order valence-electron chi connectivity index (χ0n) is 21.0. The van der Waals surface area contributed by atoms with Gasteiger partial charge >= 0.3 is 5.97 Å². The van der Waals surface area contributed by atoms with Crippen LogP contribution in [0.1, 0.15) is 42.5 Å². The largest absolute Gasteiger partial charge is 0.479 e. The van der Waals surface area contributed by atoms with Crippen LogP contribution in [0, 0.1) is 6.57 Å². The molecule has 0 saturated carbocycles. The van der Waals surface area contributed by atoms with E-state index in [9.17, 15) is 23.1 Å².